The van der Waals surface area contributed by atoms with Gasteiger partial charge in [-0.05, 0) is 6.92 Å². The van der Waals surface area contributed by atoms with Crippen molar-refractivity contribution in [3.8, 4) is 0 Å². The number of carbonyl (C=O) groups excluding carboxylic acids is 1. The zero-order chi connectivity index (χ0) is 14.6. The Bertz CT molecular complexity index is 459. The molecule has 0 bridgehead atoms. The summed E-state index contributed by atoms with van der Waals surface area (Å²) < 4.78 is 0. The molecular weight excluding hydrogens is 266 g/mol. The zero-order valence-corrected chi connectivity index (χ0v) is 12.3. The topological polar surface area (TPSA) is 82.5 Å². The third kappa shape index (κ3) is 4.51. The summed E-state index contributed by atoms with van der Waals surface area (Å²) in [5, 5.41) is 14.1. The van der Waals surface area contributed by atoms with Crippen LogP contribution in [0.2, 0.25) is 0 Å². The molecule has 1 atom stereocenters. The molecule has 1 heterocycles. The minimum atomic E-state index is -1.06. The van der Waals surface area contributed by atoms with Crippen LogP contribution in [0, 0.1) is 0 Å². The first-order valence-corrected chi connectivity index (χ1v) is 6.88. The lowest BCUT2D eigenvalue weighted by atomic mass is 10.2. The SMILES string of the molecule is CC(NC(=O)N(C)Cc1csc(C(C)C)n1)C(=O)O. The van der Waals surface area contributed by atoms with E-state index in [1.54, 1.807) is 18.4 Å². The highest BCUT2D eigenvalue weighted by atomic mass is 32.1. The monoisotopic (exact) mass is 285 g/mol. The van der Waals surface area contributed by atoms with Crippen molar-refractivity contribution in [1.29, 1.82) is 0 Å². The fourth-order valence-electron chi connectivity index (χ4n) is 1.33. The van der Waals surface area contributed by atoms with Crippen LogP contribution in [0.25, 0.3) is 0 Å². The first kappa shape index (κ1) is 15.4. The normalized spacial score (nSPS) is 12.3. The number of carbonyl (C=O) groups is 2. The number of hydrogen-bond acceptors (Lipinski definition) is 4. The van der Waals surface area contributed by atoms with Crippen LogP contribution in [0.4, 0.5) is 4.79 Å². The second-order valence-electron chi connectivity index (χ2n) is 4.70. The summed E-state index contributed by atoms with van der Waals surface area (Å²) >= 11 is 1.57. The second-order valence-corrected chi connectivity index (χ2v) is 5.59. The quantitative estimate of drug-likeness (QED) is 0.865. The Labute approximate surface area is 116 Å². The number of hydrogen-bond donors (Lipinski definition) is 2. The summed E-state index contributed by atoms with van der Waals surface area (Å²) in [6, 6.07) is -1.33. The van der Waals surface area contributed by atoms with E-state index in [0.29, 0.717) is 12.5 Å². The average molecular weight is 285 g/mol. The maximum atomic E-state index is 11.7. The van der Waals surface area contributed by atoms with Crippen LogP contribution in [0.1, 0.15) is 37.4 Å². The molecule has 2 amide bonds. The number of urea groups is 1. The van der Waals surface area contributed by atoms with Crippen molar-refractivity contribution in [2.45, 2.75) is 39.3 Å². The third-order valence-electron chi connectivity index (χ3n) is 2.52. The van der Waals surface area contributed by atoms with Gasteiger partial charge in [-0.15, -0.1) is 11.3 Å². The van der Waals surface area contributed by atoms with Gasteiger partial charge in [-0.3, -0.25) is 4.79 Å². The van der Waals surface area contributed by atoms with Gasteiger partial charge in [0.2, 0.25) is 0 Å². The molecule has 0 saturated carbocycles. The second kappa shape index (κ2) is 6.51. The minimum Gasteiger partial charge on any atom is -0.480 e. The number of rotatable bonds is 5. The zero-order valence-electron chi connectivity index (χ0n) is 11.5. The molecule has 1 rings (SSSR count). The van der Waals surface area contributed by atoms with E-state index in [1.165, 1.54) is 11.8 Å². The molecule has 0 radical (unpaired) electrons. The number of amides is 2. The van der Waals surface area contributed by atoms with Crippen LogP contribution in [0.15, 0.2) is 5.38 Å². The fourth-order valence-corrected chi connectivity index (χ4v) is 2.16. The maximum absolute atomic E-state index is 11.7. The number of aliphatic carboxylic acids is 1. The number of aromatic nitrogens is 1. The van der Waals surface area contributed by atoms with Gasteiger partial charge in [0.1, 0.15) is 6.04 Å². The van der Waals surface area contributed by atoms with Crippen LogP contribution in [0.5, 0.6) is 0 Å². The molecule has 1 aromatic rings. The number of nitrogens with zero attached hydrogens (tertiary/aromatic N) is 2. The Morgan fingerprint density at radius 2 is 2.11 bits per heavy atom. The molecule has 19 heavy (non-hydrogen) atoms. The summed E-state index contributed by atoms with van der Waals surface area (Å²) in [5.41, 5.74) is 0.814. The van der Waals surface area contributed by atoms with Gasteiger partial charge < -0.3 is 15.3 Å². The molecule has 0 aliphatic rings. The Hall–Kier alpha value is -1.63. The van der Waals surface area contributed by atoms with Crippen LogP contribution in [0.3, 0.4) is 0 Å². The van der Waals surface area contributed by atoms with Crippen LogP contribution in [-0.4, -0.2) is 40.1 Å². The Morgan fingerprint density at radius 3 is 2.58 bits per heavy atom. The van der Waals surface area contributed by atoms with Crippen molar-refractivity contribution >= 4 is 23.3 Å². The predicted octanol–water partition coefficient (Wildman–Crippen LogP) is 1.88. The highest BCUT2D eigenvalue weighted by Crippen LogP contribution is 2.19. The number of carboxylic acids is 1. The van der Waals surface area contributed by atoms with Crippen molar-refractivity contribution in [2.24, 2.45) is 0 Å². The van der Waals surface area contributed by atoms with Gasteiger partial charge >= 0.3 is 12.0 Å². The lowest BCUT2D eigenvalue weighted by molar-refractivity contribution is -0.138. The van der Waals surface area contributed by atoms with Gasteiger partial charge in [-0.1, -0.05) is 13.8 Å². The van der Waals surface area contributed by atoms with Crippen LogP contribution < -0.4 is 5.32 Å². The van der Waals surface area contributed by atoms with E-state index in [-0.39, 0.29) is 0 Å². The van der Waals surface area contributed by atoms with Gasteiger partial charge in [0.05, 0.1) is 17.2 Å². The minimum absolute atomic E-state index is 0.362. The predicted molar refractivity (Wildman–Crippen MR) is 73.3 cm³/mol. The summed E-state index contributed by atoms with van der Waals surface area (Å²) in [6.45, 7) is 5.91. The van der Waals surface area contributed by atoms with E-state index in [0.717, 1.165) is 10.7 Å². The van der Waals surface area contributed by atoms with Gasteiger partial charge in [0.25, 0.3) is 0 Å². The maximum Gasteiger partial charge on any atom is 0.325 e. The molecule has 1 aromatic heterocycles. The van der Waals surface area contributed by atoms with Crippen molar-refractivity contribution in [3.05, 3.63) is 16.1 Å². The average Bonchev–Trinajstić information content (AvgIpc) is 2.77. The summed E-state index contributed by atoms with van der Waals surface area (Å²) in [5.74, 6) is -0.692. The molecule has 106 valence electrons. The van der Waals surface area contributed by atoms with Crippen molar-refractivity contribution in [3.63, 3.8) is 0 Å². The van der Waals surface area contributed by atoms with Gasteiger partial charge in [0.15, 0.2) is 0 Å². The van der Waals surface area contributed by atoms with E-state index in [9.17, 15) is 9.59 Å². The van der Waals surface area contributed by atoms with Crippen LogP contribution >= 0.6 is 11.3 Å². The lowest BCUT2D eigenvalue weighted by Crippen LogP contribution is -2.44. The van der Waals surface area contributed by atoms with Crippen molar-refractivity contribution in [2.75, 3.05) is 7.05 Å². The lowest BCUT2D eigenvalue weighted by Gasteiger charge is -2.18. The highest BCUT2D eigenvalue weighted by molar-refractivity contribution is 7.09. The Kier molecular flexibility index (Phi) is 5.29. The van der Waals surface area contributed by atoms with E-state index < -0.39 is 18.0 Å². The first-order valence-electron chi connectivity index (χ1n) is 6.00. The molecule has 7 heteroatoms. The summed E-state index contributed by atoms with van der Waals surface area (Å²) in [7, 11) is 1.61. The van der Waals surface area contributed by atoms with Crippen molar-refractivity contribution in [1.82, 2.24) is 15.2 Å². The Balaban J connectivity index is 2.56. The molecule has 0 fully saturated rings. The van der Waals surface area contributed by atoms with Gasteiger partial charge in [-0.25, -0.2) is 9.78 Å². The van der Waals surface area contributed by atoms with Gasteiger partial charge in [-0.2, -0.15) is 0 Å². The molecule has 2 N–H and O–H groups in total. The number of carboxylic acid groups (broad SMARTS) is 1. The third-order valence-corrected chi connectivity index (χ3v) is 3.71. The Morgan fingerprint density at radius 1 is 1.47 bits per heavy atom. The molecule has 0 spiro atoms. The molecular formula is C12H19N3O3S. The first-order chi connectivity index (χ1) is 8.81. The molecule has 0 aliphatic carbocycles. The number of thiazole rings is 1. The number of nitrogens with one attached hydrogen (secondary N) is 1. The van der Waals surface area contributed by atoms with Crippen molar-refractivity contribution < 1.29 is 14.7 Å². The highest BCUT2D eigenvalue weighted by Gasteiger charge is 2.17. The molecule has 0 aromatic carbocycles. The van der Waals surface area contributed by atoms with E-state index in [1.807, 2.05) is 5.38 Å². The van der Waals surface area contributed by atoms with Gasteiger partial charge in [0, 0.05) is 18.3 Å². The molecule has 0 saturated heterocycles. The van der Waals surface area contributed by atoms with E-state index in [4.69, 9.17) is 5.11 Å². The van der Waals surface area contributed by atoms with Crippen LogP contribution in [-0.2, 0) is 11.3 Å². The molecule has 6 nitrogen and oxygen atoms in total. The standard InChI is InChI=1S/C12H19N3O3S/c1-7(2)10-14-9(6-19-10)5-15(4)12(18)13-8(3)11(16)17/h6-8H,5H2,1-4H3,(H,13,18)(H,16,17). The van der Waals surface area contributed by atoms with E-state index >= 15 is 0 Å². The van der Waals surface area contributed by atoms with E-state index in [2.05, 4.69) is 24.1 Å². The largest absolute Gasteiger partial charge is 0.480 e. The summed E-state index contributed by atoms with van der Waals surface area (Å²) in [6.07, 6.45) is 0. The molecule has 0 aliphatic heterocycles. The fraction of sp³-hybridized carbons (Fsp3) is 0.583. The molecule has 1 unspecified atom stereocenters. The summed E-state index contributed by atoms with van der Waals surface area (Å²) in [4.78, 5) is 28.2. The smallest absolute Gasteiger partial charge is 0.325 e.